The van der Waals surface area contributed by atoms with E-state index in [-0.39, 0.29) is 16.9 Å². The summed E-state index contributed by atoms with van der Waals surface area (Å²) in [5, 5.41) is 13.2. The predicted octanol–water partition coefficient (Wildman–Crippen LogP) is 4.74. The Morgan fingerprint density at radius 1 is 0.972 bits per heavy atom. The Balaban J connectivity index is 1.70. The lowest BCUT2D eigenvalue weighted by Crippen LogP contribution is -2.33. The summed E-state index contributed by atoms with van der Waals surface area (Å²) in [5.41, 5.74) is 0.933. The number of carboxylic acid groups (broad SMARTS) is 1. The molecule has 3 aromatic carbocycles. The molecule has 0 saturated carbocycles. The highest BCUT2D eigenvalue weighted by Gasteiger charge is 2.26. The van der Waals surface area contributed by atoms with Crippen molar-refractivity contribution in [2.75, 3.05) is 5.32 Å². The van der Waals surface area contributed by atoms with Crippen LogP contribution in [0.25, 0.3) is 21.9 Å². The first-order valence-electron chi connectivity index (χ1n) is 10.9. The van der Waals surface area contributed by atoms with Gasteiger partial charge in [0.15, 0.2) is 6.10 Å². The van der Waals surface area contributed by atoms with Crippen LogP contribution in [0, 0.1) is 0 Å². The van der Waals surface area contributed by atoms with Crippen molar-refractivity contribution in [3.63, 3.8) is 0 Å². The Kier molecular flexibility index (Phi) is 6.89. The summed E-state index contributed by atoms with van der Waals surface area (Å²) in [6, 6.07) is 19.4. The molecule has 36 heavy (non-hydrogen) atoms. The summed E-state index contributed by atoms with van der Waals surface area (Å²) < 4.78 is 6.67. The highest BCUT2D eigenvalue weighted by molar-refractivity contribution is 6.30. The normalized spacial score (nSPS) is 11.6. The summed E-state index contributed by atoms with van der Waals surface area (Å²) in [7, 11) is 1.47. The fourth-order valence-corrected chi connectivity index (χ4v) is 3.98. The van der Waals surface area contributed by atoms with Crippen molar-refractivity contribution >= 4 is 45.9 Å². The average molecular weight is 505 g/mol. The second kappa shape index (κ2) is 10.1. The summed E-state index contributed by atoms with van der Waals surface area (Å²) >= 11 is 6.05. The van der Waals surface area contributed by atoms with E-state index >= 15 is 0 Å². The molecule has 1 atom stereocenters. The van der Waals surface area contributed by atoms with Gasteiger partial charge >= 0.3 is 11.9 Å². The van der Waals surface area contributed by atoms with Gasteiger partial charge < -0.3 is 19.7 Å². The zero-order valence-corrected chi connectivity index (χ0v) is 20.1. The number of benzene rings is 3. The SMILES string of the molecule is CC(OC(=O)c1c(-c2ccc(Cl)cc2)c2ccccc2c(=O)n1C)C(=O)Nc1cccc(C(=O)O)c1. The molecule has 0 aliphatic rings. The molecule has 4 aromatic rings. The van der Waals surface area contributed by atoms with Gasteiger partial charge in [-0.15, -0.1) is 0 Å². The van der Waals surface area contributed by atoms with E-state index in [1.54, 1.807) is 48.5 Å². The molecule has 1 heterocycles. The Labute approximate surface area is 210 Å². The fourth-order valence-electron chi connectivity index (χ4n) is 3.86. The van der Waals surface area contributed by atoms with Crippen molar-refractivity contribution in [3.05, 3.63) is 99.4 Å². The van der Waals surface area contributed by atoms with Crippen molar-refractivity contribution < 1.29 is 24.2 Å². The maximum absolute atomic E-state index is 13.4. The molecule has 0 radical (unpaired) electrons. The van der Waals surface area contributed by atoms with Crippen LogP contribution in [-0.4, -0.2) is 33.6 Å². The number of fused-ring (bicyclic) bond motifs is 1. The number of hydrogen-bond donors (Lipinski definition) is 2. The number of hydrogen-bond acceptors (Lipinski definition) is 5. The number of carbonyl (C=O) groups excluding carboxylic acids is 2. The standard InChI is InChI=1S/C27H21ClN2O6/c1-15(24(31)29-19-7-5-6-17(14-19)26(33)34)36-27(35)23-22(16-10-12-18(28)13-11-16)20-8-3-4-9-21(20)25(32)30(23)2/h3-15H,1-2H3,(H,29,31)(H,33,34). The molecular formula is C27H21ClN2O6. The van der Waals surface area contributed by atoms with E-state index < -0.39 is 29.5 Å². The first-order chi connectivity index (χ1) is 17.2. The van der Waals surface area contributed by atoms with Gasteiger partial charge in [0.2, 0.25) is 0 Å². The van der Waals surface area contributed by atoms with E-state index in [2.05, 4.69) is 5.32 Å². The number of aromatic nitrogens is 1. The Hall–Kier alpha value is -4.43. The molecule has 4 rings (SSSR count). The third-order valence-corrected chi connectivity index (χ3v) is 5.91. The molecule has 8 nitrogen and oxygen atoms in total. The van der Waals surface area contributed by atoms with Crippen molar-refractivity contribution in [2.45, 2.75) is 13.0 Å². The maximum atomic E-state index is 13.4. The monoisotopic (exact) mass is 504 g/mol. The number of carbonyl (C=O) groups is 3. The molecule has 182 valence electrons. The van der Waals surface area contributed by atoms with Crippen LogP contribution in [0.5, 0.6) is 0 Å². The van der Waals surface area contributed by atoms with Crippen LogP contribution in [0.15, 0.2) is 77.6 Å². The summed E-state index contributed by atoms with van der Waals surface area (Å²) in [5.74, 6) is -2.67. The molecule has 1 unspecified atom stereocenters. The minimum atomic E-state index is -1.24. The number of halogens is 1. The molecule has 0 fully saturated rings. The first-order valence-corrected chi connectivity index (χ1v) is 11.3. The Bertz CT molecular complexity index is 1560. The van der Waals surface area contributed by atoms with Crippen molar-refractivity contribution in [3.8, 4) is 11.1 Å². The maximum Gasteiger partial charge on any atom is 0.356 e. The number of ether oxygens (including phenoxy) is 1. The quantitative estimate of drug-likeness (QED) is 0.366. The summed E-state index contributed by atoms with van der Waals surface area (Å²) in [4.78, 5) is 50.3. The van der Waals surface area contributed by atoms with Gasteiger partial charge in [0, 0.05) is 28.7 Å². The van der Waals surface area contributed by atoms with Gasteiger partial charge in [-0.25, -0.2) is 9.59 Å². The van der Waals surface area contributed by atoms with Gasteiger partial charge in [-0.3, -0.25) is 9.59 Å². The zero-order valence-electron chi connectivity index (χ0n) is 19.3. The molecule has 0 aliphatic carbocycles. The lowest BCUT2D eigenvalue weighted by Gasteiger charge is -2.19. The molecule has 1 amide bonds. The van der Waals surface area contributed by atoms with E-state index in [0.717, 1.165) is 0 Å². The minimum absolute atomic E-state index is 0.00350. The van der Waals surface area contributed by atoms with Crippen LogP contribution >= 0.6 is 11.6 Å². The molecule has 0 saturated heterocycles. The van der Waals surface area contributed by atoms with E-state index in [9.17, 15) is 19.2 Å². The van der Waals surface area contributed by atoms with Crippen LogP contribution in [-0.2, 0) is 16.6 Å². The van der Waals surface area contributed by atoms with Gasteiger partial charge in [-0.2, -0.15) is 0 Å². The molecule has 1 aromatic heterocycles. The third-order valence-electron chi connectivity index (χ3n) is 5.66. The molecule has 0 aliphatic heterocycles. The second-order valence-electron chi connectivity index (χ2n) is 8.06. The molecule has 0 spiro atoms. The molecule has 2 N–H and O–H groups in total. The van der Waals surface area contributed by atoms with Gasteiger partial charge in [-0.05, 0) is 54.3 Å². The van der Waals surface area contributed by atoms with E-state index in [4.69, 9.17) is 21.4 Å². The van der Waals surface area contributed by atoms with Gasteiger partial charge in [-0.1, -0.05) is 48.0 Å². The number of anilines is 1. The summed E-state index contributed by atoms with van der Waals surface area (Å²) in [6.45, 7) is 1.38. The van der Waals surface area contributed by atoms with E-state index in [1.165, 1.54) is 42.8 Å². The smallest absolute Gasteiger partial charge is 0.356 e. The lowest BCUT2D eigenvalue weighted by molar-refractivity contribution is -0.123. The van der Waals surface area contributed by atoms with Crippen molar-refractivity contribution in [1.29, 1.82) is 0 Å². The predicted molar refractivity (Wildman–Crippen MR) is 137 cm³/mol. The van der Waals surface area contributed by atoms with Crippen LogP contribution in [0.3, 0.4) is 0 Å². The average Bonchev–Trinajstić information content (AvgIpc) is 2.86. The largest absolute Gasteiger partial charge is 0.478 e. The highest BCUT2D eigenvalue weighted by Crippen LogP contribution is 2.32. The van der Waals surface area contributed by atoms with Gasteiger partial charge in [0.25, 0.3) is 11.5 Å². The molecule has 0 bridgehead atoms. The Morgan fingerprint density at radius 3 is 2.31 bits per heavy atom. The fraction of sp³-hybridized carbons (Fsp3) is 0.111. The van der Waals surface area contributed by atoms with Crippen LogP contribution in [0.4, 0.5) is 5.69 Å². The van der Waals surface area contributed by atoms with E-state index in [0.29, 0.717) is 26.9 Å². The van der Waals surface area contributed by atoms with Gasteiger partial charge in [0.1, 0.15) is 5.69 Å². The molecule has 9 heteroatoms. The number of aromatic carboxylic acids is 1. The number of amides is 1. The number of nitrogens with zero attached hydrogens (tertiary/aromatic N) is 1. The third kappa shape index (κ3) is 4.85. The first kappa shape index (κ1) is 24.7. The zero-order chi connectivity index (χ0) is 26.0. The van der Waals surface area contributed by atoms with Crippen molar-refractivity contribution in [1.82, 2.24) is 4.57 Å². The number of pyridine rings is 1. The van der Waals surface area contributed by atoms with Crippen molar-refractivity contribution in [2.24, 2.45) is 7.05 Å². The lowest BCUT2D eigenvalue weighted by atomic mass is 9.96. The Morgan fingerprint density at radius 2 is 1.64 bits per heavy atom. The highest BCUT2D eigenvalue weighted by atomic mass is 35.5. The molecular weight excluding hydrogens is 484 g/mol. The second-order valence-corrected chi connectivity index (χ2v) is 8.50. The van der Waals surface area contributed by atoms with Gasteiger partial charge in [0.05, 0.1) is 5.56 Å². The number of nitrogens with one attached hydrogen (secondary N) is 1. The van der Waals surface area contributed by atoms with E-state index in [1.807, 2.05) is 0 Å². The number of esters is 1. The van der Waals surface area contributed by atoms with Crippen LogP contribution < -0.4 is 10.9 Å². The topological polar surface area (TPSA) is 115 Å². The summed E-state index contributed by atoms with van der Waals surface area (Å²) in [6.07, 6.45) is -1.24. The van der Waals surface area contributed by atoms with Crippen LogP contribution in [0.1, 0.15) is 27.8 Å². The number of carboxylic acids is 1. The van der Waals surface area contributed by atoms with Crippen LogP contribution in [0.2, 0.25) is 5.02 Å². The number of rotatable bonds is 6. The minimum Gasteiger partial charge on any atom is -0.478 e.